The summed E-state index contributed by atoms with van der Waals surface area (Å²) < 4.78 is 7.06. The molecule has 134 valence electrons. The zero-order valence-corrected chi connectivity index (χ0v) is 15.8. The SMILES string of the molecule is COCC(N)C(=O)NC1CCc2nc(C(C)(C)C)cn2C1.Cl.Cl. The van der Waals surface area contributed by atoms with Gasteiger partial charge < -0.3 is 20.4 Å². The Bertz CT molecular complexity index is 514. The minimum absolute atomic E-state index is 0. The average Bonchev–Trinajstić information content (AvgIpc) is 2.82. The van der Waals surface area contributed by atoms with Crippen LogP contribution in [0.1, 0.15) is 38.7 Å². The second-order valence-electron chi connectivity index (χ2n) is 6.75. The summed E-state index contributed by atoms with van der Waals surface area (Å²) in [5.74, 6) is 0.952. The van der Waals surface area contributed by atoms with Crippen LogP contribution in [0.15, 0.2) is 6.20 Å². The Labute approximate surface area is 150 Å². The molecular weight excluding hydrogens is 339 g/mol. The Hall–Kier alpha value is -0.820. The van der Waals surface area contributed by atoms with Crippen molar-refractivity contribution in [3.63, 3.8) is 0 Å². The summed E-state index contributed by atoms with van der Waals surface area (Å²) >= 11 is 0. The van der Waals surface area contributed by atoms with Gasteiger partial charge in [0.15, 0.2) is 0 Å². The maximum absolute atomic E-state index is 11.9. The second kappa shape index (κ2) is 8.87. The number of aryl methyl sites for hydroxylation is 1. The Kier molecular flexibility index (Phi) is 8.56. The van der Waals surface area contributed by atoms with Crippen molar-refractivity contribution in [1.82, 2.24) is 14.9 Å². The normalized spacial score (nSPS) is 18.2. The summed E-state index contributed by atoms with van der Waals surface area (Å²) in [6.07, 6.45) is 3.87. The van der Waals surface area contributed by atoms with Crippen LogP contribution in [-0.2, 0) is 27.9 Å². The largest absolute Gasteiger partial charge is 0.383 e. The van der Waals surface area contributed by atoms with Crippen molar-refractivity contribution in [2.24, 2.45) is 5.73 Å². The highest BCUT2D eigenvalue weighted by Crippen LogP contribution is 2.24. The van der Waals surface area contributed by atoms with Gasteiger partial charge in [-0.3, -0.25) is 4.79 Å². The second-order valence-corrected chi connectivity index (χ2v) is 6.75. The molecule has 0 fully saturated rings. The minimum atomic E-state index is -0.607. The van der Waals surface area contributed by atoms with Crippen LogP contribution in [0.2, 0.25) is 0 Å². The molecule has 0 aliphatic carbocycles. The lowest BCUT2D eigenvalue weighted by atomic mass is 9.93. The van der Waals surface area contributed by atoms with Crippen LogP contribution < -0.4 is 11.1 Å². The molecule has 1 aliphatic heterocycles. The zero-order chi connectivity index (χ0) is 15.6. The quantitative estimate of drug-likeness (QED) is 0.844. The monoisotopic (exact) mass is 366 g/mol. The van der Waals surface area contributed by atoms with E-state index in [1.165, 1.54) is 0 Å². The van der Waals surface area contributed by atoms with Crippen LogP contribution in [0.4, 0.5) is 0 Å². The number of amides is 1. The molecular formula is C15H28Cl2N4O2. The highest BCUT2D eigenvalue weighted by molar-refractivity contribution is 5.85. The van der Waals surface area contributed by atoms with Crippen LogP contribution in [0, 0.1) is 0 Å². The number of hydrogen-bond donors (Lipinski definition) is 2. The molecule has 1 aromatic rings. The zero-order valence-electron chi connectivity index (χ0n) is 14.2. The molecule has 1 amide bonds. The Morgan fingerprint density at radius 3 is 2.74 bits per heavy atom. The van der Waals surface area contributed by atoms with Gasteiger partial charge in [-0.05, 0) is 6.42 Å². The predicted molar refractivity (Wildman–Crippen MR) is 95.5 cm³/mol. The number of carbonyl (C=O) groups excluding carboxylic acids is 1. The predicted octanol–water partition coefficient (Wildman–Crippen LogP) is 1.43. The van der Waals surface area contributed by atoms with Gasteiger partial charge >= 0.3 is 0 Å². The molecule has 6 nitrogen and oxygen atoms in total. The van der Waals surface area contributed by atoms with Crippen molar-refractivity contribution in [2.45, 2.75) is 57.7 Å². The number of methoxy groups -OCH3 is 1. The molecule has 0 bridgehead atoms. The number of hydrogen-bond acceptors (Lipinski definition) is 4. The molecule has 0 radical (unpaired) electrons. The molecule has 0 aromatic carbocycles. The summed E-state index contributed by atoms with van der Waals surface area (Å²) in [5.41, 5.74) is 6.89. The summed E-state index contributed by atoms with van der Waals surface area (Å²) in [7, 11) is 1.54. The lowest BCUT2D eigenvalue weighted by Gasteiger charge is -2.25. The first-order valence-corrected chi connectivity index (χ1v) is 7.42. The van der Waals surface area contributed by atoms with Crippen LogP contribution in [0.25, 0.3) is 0 Å². The molecule has 2 unspecified atom stereocenters. The van der Waals surface area contributed by atoms with Crippen molar-refractivity contribution >= 4 is 30.7 Å². The fourth-order valence-electron chi connectivity index (χ4n) is 2.49. The highest BCUT2D eigenvalue weighted by atomic mass is 35.5. The third kappa shape index (κ3) is 5.64. The highest BCUT2D eigenvalue weighted by Gasteiger charge is 2.26. The molecule has 3 N–H and O–H groups in total. The topological polar surface area (TPSA) is 82.2 Å². The van der Waals surface area contributed by atoms with Crippen molar-refractivity contribution in [1.29, 1.82) is 0 Å². The first-order chi connectivity index (χ1) is 9.81. The van der Waals surface area contributed by atoms with Gasteiger partial charge in [-0.2, -0.15) is 0 Å². The van der Waals surface area contributed by atoms with E-state index in [4.69, 9.17) is 15.5 Å². The van der Waals surface area contributed by atoms with Crippen LogP contribution in [0.3, 0.4) is 0 Å². The van der Waals surface area contributed by atoms with E-state index >= 15 is 0 Å². The summed E-state index contributed by atoms with van der Waals surface area (Å²) in [5, 5.41) is 3.00. The third-order valence-electron chi connectivity index (χ3n) is 3.79. The smallest absolute Gasteiger partial charge is 0.239 e. The fraction of sp³-hybridized carbons (Fsp3) is 0.733. The molecule has 8 heteroatoms. The van der Waals surface area contributed by atoms with E-state index in [0.717, 1.165) is 30.9 Å². The van der Waals surface area contributed by atoms with E-state index < -0.39 is 6.04 Å². The summed E-state index contributed by atoms with van der Waals surface area (Å²) in [4.78, 5) is 16.6. The number of ether oxygens (including phenoxy) is 1. The van der Waals surface area contributed by atoms with Gasteiger partial charge in [0.05, 0.1) is 12.3 Å². The van der Waals surface area contributed by atoms with Gasteiger partial charge in [0.1, 0.15) is 11.9 Å². The van der Waals surface area contributed by atoms with E-state index in [9.17, 15) is 4.79 Å². The van der Waals surface area contributed by atoms with Crippen molar-refractivity contribution in [3.8, 4) is 0 Å². The molecule has 0 saturated heterocycles. The Morgan fingerprint density at radius 1 is 1.52 bits per heavy atom. The lowest BCUT2D eigenvalue weighted by Crippen LogP contribution is -2.49. The Morgan fingerprint density at radius 2 is 2.17 bits per heavy atom. The number of nitrogens with two attached hydrogens (primary N) is 1. The molecule has 0 saturated carbocycles. The van der Waals surface area contributed by atoms with Crippen LogP contribution in [-0.4, -0.2) is 41.3 Å². The Balaban J connectivity index is 0.00000242. The standard InChI is InChI=1S/C15H26N4O2.2ClH/c1-15(2,3)12-8-19-7-10(5-6-13(19)18-12)17-14(20)11(16)9-21-4;;/h8,10-11H,5-7,9,16H2,1-4H3,(H,17,20);2*1H. The number of nitrogens with zero attached hydrogens (tertiary/aromatic N) is 2. The van der Waals surface area contributed by atoms with Gasteiger partial charge in [-0.15, -0.1) is 24.8 Å². The van der Waals surface area contributed by atoms with Crippen molar-refractivity contribution in [2.75, 3.05) is 13.7 Å². The third-order valence-corrected chi connectivity index (χ3v) is 3.79. The lowest BCUT2D eigenvalue weighted by molar-refractivity contribution is -0.124. The number of halogens is 2. The van der Waals surface area contributed by atoms with Gasteiger partial charge in [0.2, 0.25) is 5.91 Å². The number of fused-ring (bicyclic) bond motifs is 1. The number of rotatable bonds is 4. The molecule has 2 atom stereocenters. The molecule has 1 aliphatic rings. The average molecular weight is 367 g/mol. The van der Waals surface area contributed by atoms with Gasteiger partial charge in [0.25, 0.3) is 0 Å². The molecule has 23 heavy (non-hydrogen) atoms. The number of nitrogens with one attached hydrogen (secondary N) is 1. The molecule has 0 spiro atoms. The van der Waals surface area contributed by atoms with E-state index in [2.05, 4.69) is 36.9 Å². The van der Waals surface area contributed by atoms with Crippen molar-refractivity contribution in [3.05, 3.63) is 17.7 Å². The van der Waals surface area contributed by atoms with E-state index in [1.54, 1.807) is 7.11 Å². The number of carbonyl (C=O) groups is 1. The molecule has 1 aromatic heterocycles. The van der Waals surface area contributed by atoms with Gasteiger partial charge in [-0.25, -0.2) is 4.98 Å². The van der Waals surface area contributed by atoms with Gasteiger partial charge in [0, 0.05) is 37.7 Å². The summed E-state index contributed by atoms with van der Waals surface area (Å²) in [6.45, 7) is 7.46. The summed E-state index contributed by atoms with van der Waals surface area (Å²) in [6, 6.07) is -0.501. The van der Waals surface area contributed by atoms with Crippen molar-refractivity contribution < 1.29 is 9.53 Å². The number of imidazole rings is 1. The minimum Gasteiger partial charge on any atom is -0.383 e. The first kappa shape index (κ1) is 22.2. The van der Waals surface area contributed by atoms with E-state index in [0.29, 0.717) is 0 Å². The maximum atomic E-state index is 11.9. The number of aromatic nitrogens is 2. The maximum Gasteiger partial charge on any atom is 0.239 e. The molecule has 2 heterocycles. The van der Waals surface area contributed by atoms with Crippen LogP contribution >= 0.6 is 24.8 Å². The van der Waals surface area contributed by atoms with Gasteiger partial charge in [-0.1, -0.05) is 20.8 Å². The fourth-order valence-corrected chi connectivity index (χ4v) is 2.49. The van der Waals surface area contributed by atoms with Crippen LogP contribution in [0.5, 0.6) is 0 Å². The van der Waals surface area contributed by atoms with E-state index in [-0.39, 0.29) is 48.8 Å². The molecule has 2 rings (SSSR count). The van der Waals surface area contributed by atoms with E-state index in [1.807, 2.05) is 0 Å². The first-order valence-electron chi connectivity index (χ1n) is 7.42.